The first-order chi connectivity index (χ1) is 15.2. The molecule has 1 atom stereocenters. The van der Waals surface area contributed by atoms with E-state index in [1.165, 1.54) is 4.90 Å². The van der Waals surface area contributed by atoms with Gasteiger partial charge in [-0.25, -0.2) is 4.68 Å². The number of quaternary nitrogens is 1. The van der Waals surface area contributed by atoms with Gasteiger partial charge < -0.3 is 14.6 Å². The van der Waals surface area contributed by atoms with Crippen LogP contribution >= 0.6 is 0 Å². The van der Waals surface area contributed by atoms with Crippen LogP contribution in [0, 0.1) is 6.92 Å². The zero-order chi connectivity index (χ0) is 21.2. The number of nitrogens with one attached hydrogen (secondary N) is 2. The molecule has 1 saturated heterocycles. The number of fused-ring (bicyclic) bond motifs is 1. The van der Waals surface area contributed by atoms with E-state index in [0.29, 0.717) is 31.1 Å². The van der Waals surface area contributed by atoms with Crippen LogP contribution in [0.25, 0.3) is 10.9 Å². The summed E-state index contributed by atoms with van der Waals surface area (Å²) in [6.45, 7) is 5.42. The van der Waals surface area contributed by atoms with Gasteiger partial charge in [0, 0.05) is 0 Å². The van der Waals surface area contributed by atoms with Crippen LogP contribution in [0.5, 0.6) is 0 Å². The van der Waals surface area contributed by atoms with Gasteiger partial charge in [0.25, 0.3) is 5.56 Å². The van der Waals surface area contributed by atoms with Crippen molar-refractivity contribution in [2.45, 2.75) is 19.5 Å². The highest BCUT2D eigenvalue weighted by Gasteiger charge is 2.35. The molecule has 2 aromatic heterocycles. The van der Waals surface area contributed by atoms with Gasteiger partial charge in [-0.2, -0.15) is 0 Å². The lowest BCUT2D eigenvalue weighted by Crippen LogP contribution is -3.14. The Morgan fingerprint density at radius 3 is 2.74 bits per heavy atom. The lowest BCUT2D eigenvalue weighted by atomic mass is 10.0. The molecule has 0 saturated carbocycles. The molecule has 0 unspecified atom stereocenters. The maximum absolute atomic E-state index is 13.3. The van der Waals surface area contributed by atoms with Gasteiger partial charge in [-0.3, -0.25) is 4.79 Å². The van der Waals surface area contributed by atoms with Crippen molar-refractivity contribution in [3.05, 3.63) is 87.5 Å². The van der Waals surface area contributed by atoms with Crippen LogP contribution < -0.4 is 10.5 Å². The molecule has 4 aromatic rings. The van der Waals surface area contributed by atoms with Gasteiger partial charge >= 0.3 is 0 Å². The van der Waals surface area contributed by atoms with Crippen molar-refractivity contribution in [1.82, 2.24) is 25.2 Å². The van der Waals surface area contributed by atoms with E-state index in [9.17, 15) is 4.79 Å². The van der Waals surface area contributed by atoms with E-state index >= 15 is 0 Å². The predicted molar refractivity (Wildman–Crippen MR) is 116 cm³/mol. The van der Waals surface area contributed by atoms with E-state index < -0.39 is 0 Å². The van der Waals surface area contributed by atoms with Crippen LogP contribution in [0.2, 0.25) is 0 Å². The minimum Gasteiger partial charge on any atom is -0.370 e. The molecule has 0 aliphatic carbocycles. The number of ether oxygens (including phenoxy) is 1. The van der Waals surface area contributed by atoms with E-state index in [-0.39, 0.29) is 11.6 Å². The number of tetrazole rings is 1. The summed E-state index contributed by atoms with van der Waals surface area (Å²) >= 11 is 0. The quantitative estimate of drug-likeness (QED) is 0.503. The normalized spacial score (nSPS) is 15.9. The Morgan fingerprint density at radius 2 is 1.94 bits per heavy atom. The summed E-state index contributed by atoms with van der Waals surface area (Å²) in [4.78, 5) is 17.6. The number of aromatic nitrogens is 5. The monoisotopic (exact) mass is 417 g/mol. The second kappa shape index (κ2) is 8.41. The number of aryl methyl sites for hydroxylation is 1. The maximum Gasteiger partial charge on any atom is 0.258 e. The average molecular weight is 417 g/mol. The smallest absolute Gasteiger partial charge is 0.258 e. The summed E-state index contributed by atoms with van der Waals surface area (Å²) in [5.41, 5.74) is 3.61. The number of benzene rings is 2. The Balaban J connectivity index is 1.63. The molecule has 0 radical (unpaired) electrons. The second-order valence-corrected chi connectivity index (χ2v) is 7.98. The number of H-pyrrole nitrogens is 1. The maximum atomic E-state index is 13.3. The lowest BCUT2D eigenvalue weighted by molar-refractivity contribution is -0.933. The summed E-state index contributed by atoms with van der Waals surface area (Å²) in [5.74, 6) is 0.693. The Hall–Kier alpha value is -3.36. The Bertz CT molecular complexity index is 1240. The summed E-state index contributed by atoms with van der Waals surface area (Å²) in [6.07, 6.45) is 0. The van der Waals surface area contributed by atoms with Gasteiger partial charge in [-0.15, -0.1) is 5.10 Å². The zero-order valence-electron chi connectivity index (χ0n) is 17.4. The average Bonchev–Trinajstić information content (AvgIpc) is 3.24. The van der Waals surface area contributed by atoms with Gasteiger partial charge in [0.1, 0.15) is 13.1 Å². The first-order valence-corrected chi connectivity index (χ1v) is 10.6. The van der Waals surface area contributed by atoms with Crippen molar-refractivity contribution < 1.29 is 9.64 Å². The van der Waals surface area contributed by atoms with Gasteiger partial charge in [0.15, 0.2) is 6.04 Å². The largest absolute Gasteiger partial charge is 0.370 e. The minimum absolute atomic E-state index is 0.0972. The van der Waals surface area contributed by atoms with Crippen LogP contribution in [0.3, 0.4) is 0 Å². The molecule has 3 heterocycles. The zero-order valence-corrected chi connectivity index (χ0v) is 17.4. The van der Waals surface area contributed by atoms with Crippen LogP contribution in [-0.2, 0) is 11.3 Å². The number of hydrogen-bond acceptors (Lipinski definition) is 5. The van der Waals surface area contributed by atoms with Crippen LogP contribution in [0.15, 0.2) is 59.4 Å². The Labute approximate surface area is 179 Å². The predicted octanol–water partition coefficient (Wildman–Crippen LogP) is 0.876. The molecule has 0 amide bonds. The van der Waals surface area contributed by atoms with Crippen LogP contribution in [0.1, 0.15) is 28.6 Å². The summed E-state index contributed by atoms with van der Waals surface area (Å²) in [5, 5.41) is 13.6. The summed E-state index contributed by atoms with van der Waals surface area (Å²) in [6, 6.07) is 17.8. The molecule has 0 spiro atoms. The molecule has 1 fully saturated rings. The standard InChI is InChI=1S/C23H24N6O2/c1-16-6-5-9-18-14-19(23(30)24-20(16)18)21(28-10-12-31-13-11-28)22-25-26-27-29(22)15-17-7-3-2-4-8-17/h2-9,14,21H,10-13,15H2,1H3,(H,24,30)/p+1/t21-/m1/s1. The van der Waals surface area contributed by atoms with E-state index in [2.05, 4.69) is 20.5 Å². The van der Waals surface area contributed by atoms with Crippen LogP contribution in [-0.4, -0.2) is 51.5 Å². The SMILES string of the molecule is Cc1cccc2cc([C@H](c3nnnn3Cc3ccccc3)[NH+]3CCOCC3)c(=O)[nH]c12. The highest BCUT2D eigenvalue weighted by Crippen LogP contribution is 2.21. The van der Waals surface area contributed by atoms with E-state index in [0.717, 1.165) is 35.1 Å². The van der Waals surface area contributed by atoms with Crippen molar-refractivity contribution in [1.29, 1.82) is 0 Å². The molecular weight excluding hydrogens is 392 g/mol. The molecular formula is C23H25N6O2+. The molecule has 8 heteroatoms. The van der Waals surface area contributed by atoms with Gasteiger partial charge in [0.05, 0.1) is 30.8 Å². The topological polar surface area (TPSA) is 90.1 Å². The number of nitrogens with zero attached hydrogens (tertiary/aromatic N) is 4. The van der Waals surface area contributed by atoms with Crippen molar-refractivity contribution in [3.8, 4) is 0 Å². The number of pyridine rings is 1. The molecule has 1 aliphatic heterocycles. The first kappa shape index (κ1) is 19.6. The Kier molecular flexibility index (Phi) is 5.31. The molecule has 158 valence electrons. The summed E-state index contributed by atoms with van der Waals surface area (Å²) < 4.78 is 7.39. The van der Waals surface area contributed by atoms with E-state index in [4.69, 9.17) is 4.74 Å². The number of aromatic amines is 1. The number of hydrogen-bond donors (Lipinski definition) is 2. The van der Waals surface area contributed by atoms with Gasteiger partial charge in [-0.05, 0) is 39.9 Å². The highest BCUT2D eigenvalue weighted by molar-refractivity contribution is 5.82. The Morgan fingerprint density at radius 1 is 1.13 bits per heavy atom. The van der Waals surface area contributed by atoms with Crippen molar-refractivity contribution >= 4 is 10.9 Å². The molecule has 2 N–H and O–H groups in total. The molecule has 1 aliphatic rings. The fourth-order valence-electron chi connectivity index (χ4n) is 4.37. The molecule has 5 rings (SSSR count). The van der Waals surface area contributed by atoms with Crippen molar-refractivity contribution in [3.63, 3.8) is 0 Å². The third-order valence-electron chi connectivity index (χ3n) is 5.96. The number of morpholine rings is 1. The number of rotatable bonds is 5. The minimum atomic E-state index is -0.281. The summed E-state index contributed by atoms with van der Waals surface area (Å²) in [7, 11) is 0. The van der Waals surface area contributed by atoms with Crippen LogP contribution in [0.4, 0.5) is 0 Å². The molecule has 2 aromatic carbocycles. The van der Waals surface area contributed by atoms with Gasteiger partial charge in [-0.1, -0.05) is 48.5 Å². The molecule has 0 bridgehead atoms. The lowest BCUT2D eigenvalue weighted by Gasteiger charge is -2.30. The third-order valence-corrected chi connectivity index (χ3v) is 5.96. The third kappa shape index (κ3) is 3.87. The van der Waals surface area contributed by atoms with Crippen molar-refractivity contribution in [2.24, 2.45) is 0 Å². The number of para-hydroxylation sites is 1. The first-order valence-electron chi connectivity index (χ1n) is 10.6. The second-order valence-electron chi connectivity index (χ2n) is 7.98. The van der Waals surface area contributed by atoms with Gasteiger partial charge in [0.2, 0.25) is 5.82 Å². The van der Waals surface area contributed by atoms with E-state index in [1.54, 1.807) is 0 Å². The molecule has 8 nitrogen and oxygen atoms in total. The van der Waals surface area contributed by atoms with E-state index in [1.807, 2.05) is 66.2 Å². The van der Waals surface area contributed by atoms with Crippen molar-refractivity contribution in [2.75, 3.05) is 26.3 Å². The molecule has 31 heavy (non-hydrogen) atoms. The fraction of sp³-hybridized carbons (Fsp3) is 0.304. The highest BCUT2D eigenvalue weighted by atomic mass is 16.5. The fourth-order valence-corrected chi connectivity index (χ4v) is 4.37.